The summed E-state index contributed by atoms with van der Waals surface area (Å²) in [5, 5.41) is 4.46. The van der Waals surface area contributed by atoms with Crippen molar-refractivity contribution in [2.24, 2.45) is 5.92 Å². The molecule has 6 nitrogen and oxygen atoms in total. The summed E-state index contributed by atoms with van der Waals surface area (Å²) in [7, 11) is 0. The van der Waals surface area contributed by atoms with Crippen LogP contribution in [0, 0.1) is 11.7 Å². The van der Waals surface area contributed by atoms with Gasteiger partial charge in [0.05, 0.1) is 5.69 Å². The monoisotopic (exact) mass is 392 g/mol. The number of carbonyl (C=O) groups excluding carboxylic acids is 1. The summed E-state index contributed by atoms with van der Waals surface area (Å²) in [6.07, 6.45) is 3.22. The summed E-state index contributed by atoms with van der Waals surface area (Å²) in [6.45, 7) is 1.76. The highest BCUT2D eigenvalue weighted by atomic mass is 19.1. The molecule has 4 rings (SSSR count). The zero-order valence-corrected chi connectivity index (χ0v) is 15.9. The number of halogens is 1. The average Bonchev–Trinajstić information content (AvgIpc) is 2.76. The van der Waals surface area contributed by atoms with Crippen LogP contribution in [0.25, 0.3) is 11.3 Å². The minimum atomic E-state index is -0.311. The molecule has 1 aromatic carbocycles. The molecule has 1 aliphatic heterocycles. The number of benzene rings is 1. The third-order valence-corrected chi connectivity index (χ3v) is 5.22. The number of hydrogen-bond donors (Lipinski definition) is 0. The second-order valence-electron chi connectivity index (χ2n) is 7.20. The fourth-order valence-electron chi connectivity index (χ4n) is 3.57. The fraction of sp³-hybridized carbons (Fsp3) is 0.273. The van der Waals surface area contributed by atoms with Gasteiger partial charge < -0.3 is 4.90 Å². The van der Waals surface area contributed by atoms with E-state index in [1.54, 1.807) is 42.6 Å². The second-order valence-corrected chi connectivity index (χ2v) is 7.20. The quantitative estimate of drug-likeness (QED) is 0.685. The van der Waals surface area contributed by atoms with Crippen LogP contribution in [0.15, 0.2) is 65.6 Å². The summed E-state index contributed by atoms with van der Waals surface area (Å²) in [5.41, 5.74) is 1.68. The molecule has 1 amide bonds. The standard InChI is InChI=1S/C22H21FN4O2/c23-18-6-4-17(5-7-18)19-8-9-21(28)27(25-19)15-16-10-13-26(14-11-16)22(29)20-3-1-2-12-24-20/h1-9,12,16H,10-11,13-15H2. The van der Waals surface area contributed by atoms with Crippen molar-refractivity contribution >= 4 is 5.91 Å². The van der Waals surface area contributed by atoms with Crippen LogP contribution in [0.1, 0.15) is 23.3 Å². The van der Waals surface area contributed by atoms with E-state index in [4.69, 9.17) is 0 Å². The van der Waals surface area contributed by atoms with Gasteiger partial charge in [0, 0.05) is 37.5 Å². The third kappa shape index (κ3) is 4.39. The third-order valence-electron chi connectivity index (χ3n) is 5.22. The van der Waals surface area contributed by atoms with Crippen LogP contribution in [0.3, 0.4) is 0 Å². The van der Waals surface area contributed by atoms with E-state index in [9.17, 15) is 14.0 Å². The Morgan fingerprint density at radius 1 is 1.03 bits per heavy atom. The second kappa shape index (κ2) is 8.34. The molecule has 1 aliphatic rings. The Balaban J connectivity index is 1.42. The molecule has 148 valence electrons. The number of pyridine rings is 1. The van der Waals surface area contributed by atoms with Gasteiger partial charge >= 0.3 is 0 Å². The zero-order chi connectivity index (χ0) is 20.2. The predicted octanol–water partition coefficient (Wildman–Crippen LogP) is 3.00. The molecule has 2 aromatic heterocycles. The van der Waals surface area contributed by atoms with Crippen molar-refractivity contribution < 1.29 is 9.18 Å². The van der Waals surface area contributed by atoms with Crippen LogP contribution in [0.4, 0.5) is 4.39 Å². The Morgan fingerprint density at radius 2 is 1.79 bits per heavy atom. The summed E-state index contributed by atoms with van der Waals surface area (Å²) in [4.78, 5) is 30.7. The summed E-state index contributed by atoms with van der Waals surface area (Å²) < 4.78 is 14.6. The minimum Gasteiger partial charge on any atom is -0.337 e. The molecular weight excluding hydrogens is 371 g/mol. The van der Waals surface area contributed by atoms with Crippen molar-refractivity contribution in [2.45, 2.75) is 19.4 Å². The number of likely N-dealkylation sites (tertiary alicyclic amines) is 1. The summed E-state index contributed by atoms with van der Waals surface area (Å²) in [6, 6.07) is 14.5. The van der Waals surface area contributed by atoms with Crippen LogP contribution in [0.2, 0.25) is 0 Å². The Kier molecular flexibility index (Phi) is 5.46. The normalized spacial score (nSPS) is 14.7. The lowest BCUT2D eigenvalue weighted by atomic mass is 9.96. The van der Waals surface area contributed by atoms with Gasteiger partial charge in [0.1, 0.15) is 11.5 Å². The Morgan fingerprint density at radius 3 is 2.48 bits per heavy atom. The topological polar surface area (TPSA) is 68.1 Å². The van der Waals surface area contributed by atoms with E-state index in [2.05, 4.69) is 10.1 Å². The van der Waals surface area contributed by atoms with Gasteiger partial charge in [-0.3, -0.25) is 14.6 Å². The van der Waals surface area contributed by atoms with Gasteiger partial charge in [-0.25, -0.2) is 9.07 Å². The molecule has 1 saturated heterocycles. The lowest BCUT2D eigenvalue weighted by Crippen LogP contribution is -2.40. The number of rotatable bonds is 4. The van der Waals surface area contributed by atoms with E-state index < -0.39 is 0 Å². The van der Waals surface area contributed by atoms with E-state index in [0.29, 0.717) is 31.0 Å². The van der Waals surface area contributed by atoms with E-state index in [-0.39, 0.29) is 23.2 Å². The average molecular weight is 392 g/mol. The first-order valence-electron chi connectivity index (χ1n) is 9.64. The van der Waals surface area contributed by atoms with Crippen LogP contribution < -0.4 is 5.56 Å². The lowest BCUT2D eigenvalue weighted by Gasteiger charge is -2.31. The fourth-order valence-corrected chi connectivity index (χ4v) is 3.57. The zero-order valence-electron chi connectivity index (χ0n) is 15.9. The molecule has 29 heavy (non-hydrogen) atoms. The molecule has 0 spiro atoms. The first-order chi connectivity index (χ1) is 14.1. The highest BCUT2D eigenvalue weighted by molar-refractivity contribution is 5.92. The maximum atomic E-state index is 13.1. The molecule has 0 bridgehead atoms. The molecule has 0 aliphatic carbocycles. The summed E-state index contributed by atoms with van der Waals surface area (Å²) in [5.74, 6) is -0.108. The molecule has 0 atom stereocenters. The highest BCUT2D eigenvalue weighted by Crippen LogP contribution is 2.21. The lowest BCUT2D eigenvalue weighted by molar-refractivity contribution is 0.0674. The van der Waals surface area contributed by atoms with E-state index in [1.807, 2.05) is 4.90 Å². The van der Waals surface area contributed by atoms with Crippen LogP contribution >= 0.6 is 0 Å². The van der Waals surface area contributed by atoms with Gasteiger partial charge in [-0.1, -0.05) is 6.07 Å². The molecular formula is C22H21FN4O2. The largest absolute Gasteiger partial charge is 0.337 e. The Bertz CT molecular complexity index is 1040. The van der Waals surface area contributed by atoms with Crippen molar-refractivity contribution in [3.63, 3.8) is 0 Å². The predicted molar refractivity (Wildman–Crippen MR) is 107 cm³/mol. The van der Waals surface area contributed by atoms with Gasteiger partial charge in [-0.15, -0.1) is 0 Å². The number of amides is 1. The van der Waals surface area contributed by atoms with Crippen molar-refractivity contribution in [1.82, 2.24) is 19.7 Å². The smallest absolute Gasteiger partial charge is 0.272 e. The van der Waals surface area contributed by atoms with Crippen molar-refractivity contribution in [3.05, 3.63) is 82.7 Å². The molecule has 0 radical (unpaired) electrons. The van der Waals surface area contributed by atoms with Gasteiger partial charge in [0.2, 0.25) is 0 Å². The van der Waals surface area contributed by atoms with Crippen LogP contribution in [-0.4, -0.2) is 38.7 Å². The first kappa shape index (κ1) is 19.0. The molecule has 1 fully saturated rings. The van der Waals surface area contributed by atoms with Crippen molar-refractivity contribution in [2.75, 3.05) is 13.1 Å². The Labute approximate surface area is 167 Å². The molecule has 0 N–H and O–H groups in total. The van der Waals surface area contributed by atoms with Gasteiger partial charge in [-0.05, 0) is 61.2 Å². The maximum absolute atomic E-state index is 13.1. The van der Waals surface area contributed by atoms with E-state index in [1.165, 1.54) is 22.9 Å². The van der Waals surface area contributed by atoms with E-state index >= 15 is 0 Å². The van der Waals surface area contributed by atoms with Crippen LogP contribution in [0.5, 0.6) is 0 Å². The molecule has 3 heterocycles. The molecule has 3 aromatic rings. The van der Waals surface area contributed by atoms with Crippen molar-refractivity contribution in [3.8, 4) is 11.3 Å². The van der Waals surface area contributed by atoms with Crippen LogP contribution in [-0.2, 0) is 6.54 Å². The minimum absolute atomic E-state index is 0.0577. The van der Waals surface area contributed by atoms with Gasteiger partial charge in [0.25, 0.3) is 11.5 Å². The SMILES string of the molecule is O=C(c1ccccn1)N1CCC(Cn2nc(-c3ccc(F)cc3)ccc2=O)CC1. The Hall–Kier alpha value is -3.35. The van der Waals surface area contributed by atoms with Gasteiger partial charge in [-0.2, -0.15) is 5.10 Å². The highest BCUT2D eigenvalue weighted by Gasteiger charge is 2.25. The molecule has 0 unspecified atom stereocenters. The molecule has 0 saturated carbocycles. The van der Waals surface area contributed by atoms with Crippen molar-refractivity contribution in [1.29, 1.82) is 0 Å². The number of carbonyl (C=O) groups is 1. The summed E-state index contributed by atoms with van der Waals surface area (Å²) >= 11 is 0. The van der Waals surface area contributed by atoms with E-state index in [0.717, 1.165) is 18.4 Å². The molecule has 7 heteroatoms. The number of aromatic nitrogens is 3. The number of piperidine rings is 1. The van der Waals surface area contributed by atoms with Gasteiger partial charge in [0.15, 0.2) is 0 Å². The first-order valence-corrected chi connectivity index (χ1v) is 9.64. The number of hydrogen-bond acceptors (Lipinski definition) is 4. The maximum Gasteiger partial charge on any atom is 0.272 e. The number of nitrogens with zero attached hydrogens (tertiary/aromatic N) is 4.